The molecule has 6 nitrogen and oxygen atoms in total. The van der Waals surface area contributed by atoms with E-state index in [2.05, 4.69) is 85.5 Å². The maximum atomic E-state index is 5.89. The van der Waals surface area contributed by atoms with E-state index >= 15 is 0 Å². The molecule has 1 fully saturated rings. The quantitative estimate of drug-likeness (QED) is 0.350. The van der Waals surface area contributed by atoms with Crippen LogP contribution < -0.4 is 19.9 Å². The van der Waals surface area contributed by atoms with Gasteiger partial charge < -0.3 is 24.4 Å². The van der Waals surface area contributed by atoms with Crippen LogP contribution in [-0.4, -0.2) is 35.4 Å². The molecule has 1 saturated heterocycles. The van der Waals surface area contributed by atoms with Gasteiger partial charge in [0.2, 0.25) is 0 Å². The van der Waals surface area contributed by atoms with E-state index in [1.807, 2.05) is 51.5 Å². The number of thiocarbonyl (C=S) groups is 1. The van der Waals surface area contributed by atoms with Crippen LogP contribution in [0.5, 0.6) is 5.75 Å². The van der Waals surface area contributed by atoms with Gasteiger partial charge in [-0.3, -0.25) is 4.98 Å². The number of ether oxygens (including phenoxy) is 1. The van der Waals surface area contributed by atoms with Crippen molar-refractivity contribution in [2.24, 2.45) is 0 Å². The zero-order valence-electron chi connectivity index (χ0n) is 20.1. The first-order valence-corrected chi connectivity index (χ1v) is 12.2. The zero-order valence-corrected chi connectivity index (χ0v) is 20.9. The maximum Gasteiger partial charge on any atom is 0.174 e. The van der Waals surface area contributed by atoms with Crippen LogP contribution in [0.4, 0.5) is 11.4 Å². The monoisotopic (exact) mass is 483 g/mol. The predicted octanol–water partition coefficient (Wildman–Crippen LogP) is 5.51. The zero-order chi connectivity index (χ0) is 24.4. The number of rotatable bonds is 7. The lowest BCUT2D eigenvalue weighted by Gasteiger charge is -2.29. The molecule has 0 radical (unpaired) electrons. The van der Waals surface area contributed by atoms with E-state index in [0.29, 0.717) is 11.7 Å². The molecule has 7 heteroatoms. The molecule has 0 bridgehead atoms. The first-order chi connectivity index (χ1) is 17.1. The Bertz CT molecular complexity index is 1290. The van der Waals surface area contributed by atoms with Crippen molar-refractivity contribution in [2.75, 3.05) is 30.5 Å². The summed E-state index contributed by atoms with van der Waals surface area (Å²) in [4.78, 5) is 8.97. The van der Waals surface area contributed by atoms with Gasteiger partial charge in [0.15, 0.2) is 5.11 Å². The average molecular weight is 484 g/mol. The molecule has 0 spiro atoms. The summed E-state index contributed by atoms with van der Waals surface area (Å²) in [7, 11) is 4.08. The lowest BCUT2D eigenvalue weighted by molar-refractivity contribution is 0.340. The van der Waals surface area contributed by atoms with Crippen molar-refractivity contribution in [1.29, 1.82) is 0 Å². The van der Waals surface area contributed by atoms with Crippen LogP contribution in [0.3, 0.4) is 0 Å². The molecule has 0 saturated carbocycles. The highest BCUT2D eigenvalue weighted by atomic mass is 32.1. The van der Waals surface area contributed by atoms with E-state index in [1.165, 1.54) is 0 Å². The molecule has 0 aliphatic carbocycles. The lowest BCUT2D eigenvalue weighted by atomic mass is 10.0. The van der Waals surface area contributed by atoms with Crippen molar-refractivity contribution in [3.63, 3.8) is 0 Å². The summed E-state index contributed by atoms with van der Waals surface area (Å²) >= 11 is 5.89. The third-order valence-electron chi connectivity index (χ3n) is 6.25. The fourth-order valence-electron chi connectivity index (χ4n) is 4.58. The third-order valence-corrected chi connectivity index (χ3v) is 6.57. The molecular weight excluding hydrogens is 454 g/mol. The van der Waals surface area contributed by atoms with Crippen LogP contribution in [-0.2, 0) is 0 Å². The fourth-order valence-corrected chi connectivity index (χ4v) is 4.93. The van der Waals surface area contributed by atoms with Gasteiger partial charge in [-0.25, -0.2) is 0 Å². The van der Waals surface area contributed by atoms with E-state index in [-0.39, 0.29) is 12.1 Å². The van der Waals surface area contributed by atoms with Crippen molar-refractivity contribution in [3.8, 4) is 11.4 Å². The van der Waals surface area contributed by atoms with E-state index in [0.717, 1.165) is 34.2 Å². The van der Waals surface area contributed by atoms with Gasteiger partial charge in [-0.2, -0.15) is 0 Å². The van der Waals surface area contributed by atoms with Crippen LogP contribution in [0.1, 0.15) is 30.4 Å². The molecule has 2 aromatic carbocycles. The van der Waals surface area contributed by atoms with Gasteiger partial charge in [-0.15, -0.1) is 0 Å². The summed E-state index contributed by atoms with van der Waals surface area (Å²) in [5, 5.41) is 4.23. The summed E-state index contributed by atoms with van der Waals surface area (Å²) < 4.78 is 7.86. The Morgan fingerprint density at radius 2 is 1.69 bits per heavy atom. The molecule has 178 valence electrons. The number of pyridine rings is 1. The lowest BCUT2D eigenvalue weighted by Crippen LogP contribution is -2.30. The van der Waals surface area contributed by atoms with Crippen LogP contribution >= 0.6 is 12.2 Å². The van der Waals surface area contributed by atoms with Crippen molar-refractivity contribution in [2.45, 2.75) is 19.0 Å². The standard InChI is InChI=1S/C28H29N5OS/c1-4-34-23-16-14-21(15-17-23)32-19-7-9-25(32)27-26(24-8-5-6-18-29-24)30-28(35)33(27)22-12-10-20(11-13-22)31(2)3/h5-19,26-27H,4H2,1-3H3,(H,30,35)/t26-,27+/m1/s1. The van der Waals surface area contributed by atoms with Gasteiger partial charge in [0.05, 0.1) is 18.3 Å². The second kappa shape index (κ2) is 9.80. The Balaban J connectivity index is 1.60. The largest absolute Gasteiger partial charge is 0.494 e. The predicted molar refractivity (Wildman–Crippen MR) is 146 cm³/mol. The highest BCUT2D eigenvalue weighted by Gasteiger charge is 2.42. The highest BCUT2D eigenvalue weighted by Crippen LogP contribution is 2.42. The van der Waals surface area contributed by atoms with Crippen LogP contribution in [0.25, 0.3) is 5.69 Å². The van der Waals surface area contributed by atoms with E-state index in [9.17, 15) is 0 Å². The summed E-state index contributed by atoms with van der Waals surface area (Å²) in [6.45, 7) is 2.64. The molecular formula is C28H29N5OS. The SMILES string of the molecule is CCOc1ccc(-n2cccc2[C@H]2[C@@H](c3ccccn3)NC(=S)N2c2ccc(N(C)C)cc2)cc1. The van der Waals surface area contributed by atoms with Crippen molar-refractivity contribution >= 4 is 28.7 Å². The minimum absolute atomic E-state index is 0.0934. The van der Waals surface area contributed by atoms with Gasteiger partial charge in [-0.1, -0.05) is 6.07 Å². The number of hydrogen-bond donors (Lipinski definition) is 1. The number of anilines is 2. The van der Waals surface area contributed by atoms with Crippen molar-refractivity contribution in [3.05, 3.63) is 103 Å². The second-order valence-corrected chi connectivity index (χ2v) is 9.02. The molecule has 5 rings (SSSR count). The molecule has 1 aliphatic rings. The molecule has 0 amide bonds. The molecule has 4 aromatic rings. The Morgan fingerprint density at radius 1 is 0.943 bits per heavy atom. The van der Waals surface area contributed by atoms with E-state index < -0.39 is 0 Å². The molecule has 35 heavy (non-hydrogen) atoms. The Morgan fingerprint density at radius 3 is 2.34 bits per heavy atom. The minimum Gasteiger partial charge on any atom is -0.494 e. The first-order valence-electron chi connectivity index (χ1n) is 11.8. The molecule has 0 unspecified atom stereocenters. The molecule has 2 aromatic heterocycles. The Labute approximate surface area is 211 Å². The van der Waals surface area contributed by atoms with Gasteiger partial charge in [-0.05, 0) is 91.9 Å². The topological polar surface area (TPSA) is 45.6 Å². The summed E-state index contributed by atoms with van der Waals surface area (Å²) in [6.07, 6.45) is 3.92. The summed E-state index contributed by atoms with van der Waals surface area (Å²) in [6, 6.07) is 26.7. The number of nitrogens with zero attached hydrogens (tertiary/aromatic N) is 4. The van der Waals surface area contributed by atoms with Gasteiger partial charge in [0.25, 0.3) is 0 Å². The molecule has 1 N–H and O–H groups in total. The summed E-state index contributed by atoms with van der Waals surface area (Å²) in [5.74, 6) is 0.864. The molecule has 1 aliphatic heterocycles. The maximum absolute atomic E-state index is 5.89. The molecule has 3 heterocycles. The average Bonchev–Trinajstić information content (AvgIpc) is 3.49. The van der Waals surface area contributed by atoms with Gasteiger partial charge in [0, 0.05) is 49.2 Å². The third kappa shape index (κ3) is 4.47. The van der Waals surface area contributed by atoms with E-state index in [4.69, 9.17) is 17.0 Å². The number of benzene rings is 2. The van der Waals surface area contributed by atoms with Gasteiger partial charge >= 0.3 is 0 Å². The van der Waals surface area contributed by atoms with Crippen LogP contribution in [0, 0.1) is 0 Å². The smallest absolute Gasteiger partial charge is 0.174 e. The number of hydrogen-bond acceptors (Lipinski definition) is 4. The number of nitrogens with one attached hydrogen (secondary N) is 1. The van der Waals surface area contributed by atoms with E-state index in [1.54, 1.807) is 0 Å². The normalized spacial score (nSPS) is 17.3. The Hall–Kier alpha value is -3.84. The van der Waals surface area contributed by atoms with Crippen molar-refractivity contribution < 1.29 is 4.74 Å². The van der Waals surface area contributed by atoms with Crippen molar-refractivity contribution in [1.82, 2.24) is 14.9 Å². The van der Waals surface area contributed by atoms with Crippen LogP contribution in [0.2, 0.25) is 0 Å². The second-order valence-electron chi connectivity index (χ2n) is 8.64. The number of aromatic nitrogens is 2. The summed E-state index contributed by atoms with van der Waals surface area (Å²) in [5.41, 5.74) is 5.31. The van der Waals surface area contributed by atoms with Crippen LogP contribution in [0.15, 0.2) is 91.3 Å². The first kappa shape index (κ1) is 22.9. The Kier molecular flexibility index (Phi) is 6.42. The minimum atomic E-state index is -0.103. The highest BCUT2D eigenvalue weighted by molar-refractivity contribution is 7.80. The molecule has 2 atom stereocenters. The fraction of sp³-hybridized carbons (Fsp3) is 0.214. The van der Waals surface area contributed by atoms with Gasteiger partial charge in [0.1, 0.15) is 11.8 Å².